The summed E-state index contributed by atoms with van der Waals surface area (Å²) in [5.74, 6) is 0.283. The van der Waals surface area contributed by atoms with Crippen LogP contribution in [0.5, 0.6) is 0 Å². The molecule has 1 fully saturated rings. The molecule has 1 nitrogen and oxygen atoms in total. The summed E-state index contributed by atoms with van der Waals surface area (Å²) < 4.78 is 0. The van der Waals surface area contributed by atoms with E-state index in [4.69, 9.17) is 7.85 Å². The first-order chi connectivity index (χ1) is 5.19. The molecule has 0 saturated heterocycles. The van der Waals surface area contributed by atoms with E-state index in [1.54, 1.807) is 0 Å². The Morgan fingerprint density at radius 1 is 1.55 bits per heavy atom. The molecule has 60 valence electrons. The maximum absolute atomic E-state index is 11.4. The predicted octanol–water partition coefficient (Wildman–Crippen LogP) is 2.26. The highest BCUT2D eigenvalue weighted by atomic mass is 16.1. The second-order valence-electron chi connectivity index (χ2n) is 3.54. The largest absolute Gasteiger partial charge is 0.300 e. The Kier molecular flexibility index (Phi) is 2.75. The van der Waals surface area contributed by atoms with E-state index < -0.39 is 5.31 Å². The van der Waals surface area contributed by atoms with Gasteiger partial charge in [-0.25, -0.2) is 0 Å². The first-order valence-corrected chi connectivity index (χ1v) is 4.51. The molecule has 0 aromatic heterocycles. The molecule has 1 unspecified atom stereocenters. The molecule has 2 radical (unpaired) electrons. The van der Waals surface area contributed by atoms with Crippen LogP contribution >= 0.6 is 0 Å². The van der Waals surface area contributed by atoms with Crippen LogP contribution in [-0.4, -0.2) is 13.6 Å². The van der Waals surface area contributed by atoms with Gasteiger partial charge in [0.05, 0.1) is 7.85 Å². The normalized spacial score (nSPS) is 32.3. The Balaban J connectivity index is 2.57. The van der Waals surface area contributed by atoms with Gasteiger partial charge < -0.3 is 0 Å². The van der Waals surface area contributed by atoms with E-state index in [2.05, 4.69) is 6.92 Å². The minimum absolute atomic E-state index is 0.283. The average molecular weight is 150 g/mol. The van der Waals surface area contributed by atoms with Crippen molar-refractivity contribution in [2.45, 2.75) is 50.8 Å². The van der Waals surface area contributed by atoms with Gasteiger partial charge >= 0.3 is 0 Å². The number of carbonyl (C=O) groups excluding carboxylic acids is 1. The van der Waals surface area contributed by atoms with Crippen LogP contribution in [0.3, 0.4) is 0 Å². The SMILES string of the molecule is [B]C1(CCC)CCCCC1=O. The molecular weight excluding hydrogens is 135 g/mol. The van der Waals surface area contributed by atoms with Crippen LogP contribution in [0.1, 0.15) is 45.4 Å². The monoisotopic (exact) mass is 150 g/mol. The van der Waals surface area contributed by atoms with Gasteiger partial charge in [0.25, 0.3) is 0 Å². The number of Topliss-reactive ketones (excluding diaryl/α,β-unsaturated/α-hetero) is 1. The lowest BCUT2D eigenvalue weighted by molar-refractivity contribution is -0.123. The molecule has 0 amide bonds. The maximum atomic E-state index is 11.4. The van der Waals surface area contributed by atoms with Crippen LogP contribution in [-0.2, 0) is 4.79 Å². The van der Waals surface area contributed by atoms with Crippen LogP contribution in [0.2, 0.25) is 5.31 Å². The lowest BCUT2D eigenvalue weighted by Crippen LogP contribution is -2.27. The van der Waals surface area contributed by atoms with Crippen LogP contribution < -0.4 is 0 Å². The Morgan fingerprint density at radius 3 is 2.82 bits per heavy atom. The van der Waals surface area contributed by atoms with Crippen LogP contribution in [0.15, 0.2) is 0 Å². The highest BCUT2D eigenvalue weighted by Gasteiger charge is 2.32. The van der Waals surface area contributed by atoms with Gasteiger partial charge in [0.1, 0.15) is 5.78 Å². The molecule has 0 heterocycles. The molecule has 1 saturated carbocycles. The molecule has 0 spiro atoms. The smallest absolute Gasteiger partial charge is 0.130 e. The quantitative estimate of drug-likeness (QED) is 0.551. The van der Waals surface area contributed by atoms with Crippen molar-refractivity contribution >= 4 is 13.6 Å². The van der Waals surface area contributed by atoms with Gasteiger partial charge in [-0.2, -0.15) is 0 Å². The third-order valence-electron chi connectivity index (χ3n) is 2.53. The predicted molar refractivity (Wildman–Crippen MR) is 46.8 cm³/mol. The van der Waals surface area contributed by atoms with Crippen molar-refractivity contribution in [1.82, 2.24) is 0 Å². The number of ketones is 1. The van der Waals surface area contributed by atoms with E-state index in [0.29, 0.717) is 6.42 Å². The molecule has 11 heavy (non-hydrogen) atoms. The Labute approximate surface area is 70.0 Å². The molecule has 1 aliphatic rings. The highest BCUT2D eigenvalue weighted by molar-refractivity contribution is 6.28. The second kappa shape index (κ2) is 3.42. The zero-order valence-electron chi connectivity index (χ0n) is 7.23. The second-order valence-corrected chi connectivity index (χ2v) is 3.54. The van der Waals surface area contributed by atoms with Gasteiger partial charge in [0.15, 0.2) is 0 Å². The van der Waals surface area contributed by atoms with Crippen molar-refractivity contribution in [1.29, 1.82) is 0 Å². The van der Waals surface area contributed by atoms with Gasteiger partial charge in [-0.3, -0.25) is 4.79 Å². The van der Waals surface area contributed by atoms with E-state index in [1.807, 2.05) is 0 Å². The summed E-state index contributed by atoms with van der Waals surface area (Å²) in [5.41, 5.74) is 0. The number of hydrogen-bond acceptors (Lipinski definition) is 1. The summed E-state index contributed by atoms with van der Waals surface area (Å²) in [7, 11) is 5.96. The number of hydrogen-bond donors (Lipinski definition) is 0. The molecule has 0 aromatic carbocycles. The molecule has 0 N–H and O–H groups in total. The molecular formula is C9H15BO. The molecule has 0 aliphatic heterocycles. The van der Waals surface area contributed by atoms with Gasteiger partial charge in [-0.1, -0.05) is 19.8 Å². The zero-order valence-corrected chi connectivity index (χ0v) is 7.23. The van der Waals surface area contributed by atoms with Crippen molar-refractivity contribution in [3.8, 4) is 0 Å². The van der Waals surface area contributed by atoms with Crippen LogP contribution in [0.4, 0.5) is 0 Å². The lowest BCUT2D eigenvalue weighted by Gasteiger charge is -2.32. The number of rotatable bonds is 2. The van der Waals surface area contributed by atoms with Gasteiger partial charge in [0.2, 0.25) is 0 Å². The molecule has 1 rings (SSSR count). The van der Waals surface area contributed by atoms with Gasteiger partial charge in [0, 0.05) is 6.42 Å². The van der Waals surface area contributed by atoms with Crippen molar-refractivity contribution in [3.05, 3.63) is 0 Å². The van der Waals surface area contributed by atoms with Crippen molar-refractivity contribution < 1.29 is 4.79 Å². The Bertz CT molecular complexity index is 152. The fourth-order valence-electron chi connectivity index (χ4n) is 1.82. The van der Waals surface area contributed by atoms with Gasteiger partial charge in [-0.15, -0.1) is 0 Å². The standard InChI is InChI=1S/C9H15BO/c1-2-6-9(10)7-4-3-5-8(9)11/h2-7H2,1H3. The molecule has 2 heteroatoms. The summed E-state index contributed by atoms with van der Waals surface area (Å²) >= 11 is 0. The summed E-state index contributed by atoms with van der Waals surface area (Å²) in [5, 5.41) is -0.451. The molecule has 1 aliphatic carbocycles. The Hall–Kier alpha value is -0.265. The van der Waals surface area contributed by atoms with E-state index in [0.717, 1.165) is 32.1 Å². The minimum Gasteiger partial charge on any atom is -0.300 e. The van der Waals surface area contributed by atoms with Crippen molar-refractivity contribution in [2.24, 2.45) is 0 Å². The summed E-state index contributed by atoms with van der Waals surface area (Å²) in [6.45, 7) is 2.08. The minimum atomic E-state index is -0.451. The highest BCUT2D eigenvalue weighted by Crippen LogP contribution is 2.40. The lowest BCUT2D eigenvalue weighted by atomic mass is 9.57. The number of carbonyl (C=O) groups is 1. The summed E-state index contributed by atoms with van der Waals surface area (Å²) in [6.07, 6.45) is 5.66. The first-order valence-electron chi connectivity index (χ1n) is 4.51. The topological polar surface area (TPSA) is 17.1 Å². The maximum Gasteiger partial charge on any atom is 0.130 e. The van der Waals surface area contributed by atoms with E-state index in [9.17, 15) is 4.79 Å². The third-order valence-corrected chi connectivity index (χ3v) is 2.53. The van der Waals surface area contributed by atoms with Crippen LogP contribution in [0.25, 0.3) is 0 Å². The fraction of sp³-hybridized carbons (Fsp3) is 0.889. The summed E-state index contributed by atoms with van der Waals surface area (Å²) in [4.78, 5) is 11.4. The first kappa shape index (κ1) is 8.83. The van der Waals surface area contributed by atoms with Gasteiger partial charge in [-0.05, 0) is 24.6 Å². The zero-order chi connectivity index (χ0) is 8.32. The molecule has 0 aromatic rings. The fourth-order valence-corrected chi connectivity index (χ4v) is 1.82. The van der Waals surface area contributed by atoms with Crippen molar-refractivity contribution in [2.75, 3.05) is 0 Å². The molecule has 0 bridgehead atoms. The molecule has 1 atom stereocenters. The van der Waals surface area contributed by atoms with Crippen molar-refractivity contribution in [3.63, 3.8) is 0 Å². The summed E-state index contributed by atoms with van der Waals surface area (Å²) in [6, 6.07) is 0. The average Bonchev–Trinajstić information content (AvgIpc) is 1.96. The third kappa shape index (κ3) is 1.85. The van der Waals surface area contributed by atoms with E-state index >= 15 is 0 Å². The Morgan fingerprint density at radius 2 is 2.27 bits per heavy atom. The van der Waals surface area contributed by atoms with E-state index in [1.165, 1.54) is 0 Å². The van der Waals surface area contributed by atoms with Crippen LogP contribution in [0, 0.1) is 0 Å². The van der Waals surface area contributed by atoms with E-state index in [-0.39, 0.29) is 5.78 Å².